The van der Waals surface area contributed by atoms with Gasteiger partial charge in [0.05, 0.1) is 0 Å². The lowest BCUT2D eigenvalue weighted by Crippen LogP contribution is -2.46. The van der Waals surface area contributed by atoms with Crippen LogP contribution in [0.3, 0.4) is 0 Å². The normalized spacial score (nSPS) is 44.9. The molecule has 0 saturated carbocycles. The maximum atomic E-state index is 11.1. The van der Waals surface area contributed by atoms with Crippen molar-refractivity contribution in [3.8, 4) is 0 Å². The summed E-state index contributed by atoms with van der Waals surface area (Å²) >= 11 is 0. The van der Waals surface area contributed by atoms with Crippen molar-refractivity contribution in [3.05, 3.63) is 0 Å². The Labute approximate surface area is 58.5 Å². The van der Waals surface area contributed by atoms with Gasteiger partial charge in [-0.1, -0.05) is 0 Å². The zero-order valence-electron chi connectivity index (χ0n) is 5.89. The Morgan fingerprint density at radius 3 is 2.67 bits per heavy atom. The van der Waals surface area contributed by atoms with E-state index in [1.54, 1.807) is 0 Å². The second-order valence-electron chi connectivity index (χ2n) is 2.53. The monoisotopic (exact) mass is 147 g/mol. The molecular weight excluding hydrogens is 134 g/mol. The van der Waals surface area contributed by atoms with Gasteiger partial charge in [-0.3, -0.25) is 4.21 Å². The summed E-state index contributed by atoms with van der Waals surface area (Å²) in [5.74, 6) is 0.825. The third-order valence-corrected chi connectivity index (χ3v) is 3.73. The van der Waals surface area contributed by atoms with Gasteiger partial charge in [0.15, 0.2) is 0 Å². The summed E-state index contributed by atoms with van der Waals surface area (Å²) in [7, 11) is -0.578. The molecule has 0 amide bonds. The molecule has 54 valence electrons. The van der Waals surface area contributed by atoms with Crippen molar-refractivity contribution in [2.75, 3.05) is 12.3 Å². The van der Waals surface area contributed by atoms with E-state index in [0.717, 1.165) is 12.3 Å². The number of hydrogen-bond donors (Lipinski definition) is 1. The van der Waals surface area contributed by atoms with Crippen LogP contribution in [0.4, 0.5) is 0 Å². The van der Waals surface area contributed by atoms with E-state index in [1.165, 1.54) is 0 Å². The minimum atomic E-state index is -0.578. The Kier molecular flexibility index (Phi) is 2.24. The largest absolute Gasteiger partial charge is 0.312 e. The van der Waals surface area contributed by atoms with Gasteiger partial charge in [-0.25, -0.2) is 0 Å². The van der Waals surface area contributed by atoms with Gasteiger partial charge in [0.1, 0.15) is 0 Å². The van der Waals surface area contributed by atoms with Gasteiger partial charge in [0.2, 0.25) is 0 Å². The SMILES string of the molecule is C[C@@H]1[C@@H](C)NCCS1=O. The Hall–Kier alpha value is 0.110. The van der Waals surface area contributed by atoms with Crippen LogP contribution < -0.4 is 5.32 Å². The summed E-state index contributed by atoms with van der Waals surface area (Å²) in [6.45, 7) is 5.03. The highest BCUT2D eigenvalue weighted by Crippen LogP contribution is 2.05. The van der Waals surface area contributed by atoms with Gasteiger partial charge >= 0.3 is 0 Å². The van der Waals surface area contributed by atoms with Crippen molar-refractivity contribution < 1.29 is 4.21 Å². The van der Waals surface area contributed by atoms with E-state index >= 15 is 0 Å². The zero-order chi connectivity index (χ0) is 6.85. The molecule has 1 N–H and O–H groups in total. The molecule has 1 fully saturated rings. The average molecular weight is 147 g/mol. The predicted octanol–water partition coefficient (Wildman–Crippen LogP) is 0.115. The first-order valence-corrected chi connectivity index (χ1v) is 4.70. The van der Waals surface area contributed by atoms with E-state index in [4.69, 9.17) is 0 Å². The van der Waals surface area contributed by atoms with Gasteiger partial charge in [-0.15, -0.1) is 0 Å². The molecule has 0 radical (unpaired) electrons. The van der Waals surface area contributed by atoms with Crippen LogP contribution in [0.2, 0.25) is 0 Å². The molecule has 3 heteroatoms. The van der Waals surface area contributed by atoms with E-state index < -0.39 is 10.8 Å². The fourth-order valence-corrected chi connectivity index (χ4v) is 2.21. The molecule has 3 atom stereocenters. The quantitative estimate of drug-likeness (QED) is 0.527. The molecule has 0 aromatic heterocycles. The van der Waals surface area contributed by atoms with Crippen molar-refractivity contribution in [1.29, 1.82) is 0 Å². The molecule has 1 heterocycles. The minimum absolute atomic E-state index is 0.332. The van der Waals surface area contributed by atoms with Crippen molar-refractivity contribution in [2.24, 2.45) is 0 Å². The Morgan fingerprint density at radius 1 is 1.56 bits per heavy atom. The molecule has 0 aromatic rings. The van der Waals surface area contributed by atoms with E-state index in [-0.39, 0.29) is 0 Å². The molecule has 1 unspecified atom stereocenters. The van der Waals surface area contributed by atoms with E-state index in [9.17, 15) is 4.21 Å². The summed E-state index contributed by atoms with van der Waals surface area (Å²) in [5.41, 5.74) is 0. The number of rotatable bonds is 0. The topological polar surface area (TPSA) is 29.1 Å². The second-order valence-corrected chi connectivity index (χ2v) is 4.45. The highest BCUT2D eigenvalue weighted by Gasteiger charge is 2.22. The fourth-order valence-electron chi connectivity index (χ4n) is 0.967. The highest BCUT2D eigenvalue weighted by atomic mass is 32.2. The first kappa shape index (κ1) is 7.22. The van der Waals surface area contributed by atoms with Crippen LogP contribution in [0.5, 0.6) is 0 Å². The van der Waals surface area contributed by atoms with Crippen LogP contribution in [-0.4, -0.2) is 27.8 Å². The van der Waals surface area contributed by atoms with Crippen molar-refractivity contribution >= 4 is 10.8 Å². The van der Waals surface area contributed by atoms with Gasteiger partial charge in [-0.05, 0) is 13.8 Å². The van der Waals surface area contributed by atoms with Crippen molar-refractivity contribution in [2.45, 2.75) is 25.1 Å². The van der Waals surface area contributed by atoms with Gasteiger partial charge < -0.3 is 5.32 Å². The fraction of sp³-hybridized carbons (Fsp3) is 1.00. The molecular formula is C6H13NOS. The lowest BCUT2D eigenvalue weighted by molar-refractivity contribution is 0.528. The van der Waals surface area contributed by atoms with Crippen molar-refractivity contribution in [1.82, 2.24) is 5.32 Å². The predicted molar refractivity (Wildman–Crippen MR) is 39.9 cm³/mol. The molecule has 9 heavy (non-hydrogen) atoms. The Morgan fingerprint density at radius 2 is 2.22 bits per heavy atom. The van der Waals surface area contributed by atoms with E-state index in [0.29, 0.717) is 11.3 Å². The van der Waals surface area contributed by atoms with Crippen molar-refractivity contribution in [3.63, 3.8) is 0 Å². The Balaban J connectivity index is 2.51. The maximum Gasteiger partial charge on any atom is 0.0470 e. The van der Waals surface area contributed by atoms with E-state index in [1.807, 2.05) is 6.92 Å². The van der Waals surface area contributed by atoms with Gasteiger partial charge in [0, 0.05) is 34.4 Å². The highest BCUT2D eigenvalue weighted by molar-refractivity contribution is 7.85. The second kappa shape index (κ2) is 2.80. The molecule has 0 bridgehead atoms. The van der Waals surface area contributed by atoms with Crippen LogP contribution in [0.25, 0.3) is 0 Å². The standard InChI is InChI=1S/C6H13NOS/c1-5-6(2)9(8)4-3-7-5/h5-7H,3-4H2,1-2H3/t5-,6-,9?/m1/s1. The first-order chi connectivity index (χ1) is 4.22. The van der Waals surface area contributed by atoms with Gasteiger partial charge in [-0.2, -0.15) is 0 Å². The first-order valence-electron chi connectivity index (χ1n) is 3.32. The minimum Gasteiger partial charge on any atom is -0.312 e. The molecule has 0 aliphatic carbocycles. The zero-order valence-corrected chi connectivity index (χ0v) is 6.70. The van der Waals surface area contributed by atoms with E-state index in [2.05, 4.69) is 12.2 Å². The maximum absolute atomic E-state index is 11.1. The third kappa shape index (κ3) is 1.52. The average Bonchev–Trinajstić information content (AvgIpc) is 1.83. The number of nitrogens with one attached hydrogen (secondary N) is 1. The molecule has 0 spiro atoms. The lowest BCUT2D eigenvalue weighted by Gasteiger charge is -2.25. The van der Waals surface area contributed by atoms with Crippen LogP contribution >= 0.6 is 0 Å². The summed E-state index contributed by atoms with van der Waals surface area (Å²) in [4.78, 5) is 0. The lowest BCUT2D eigenvalue weighted by atomic mass is 10.2. The summed E-state index contributed by atoms with van der Waals surface area (Å²) in [6, 6.07) is 0.430. The summed E-state index contributed by atoms with van der Waals surface area (Å²) in [5, 5.41) is 3.60. The van der Waals surface area contributed by atoms with Crippen LogP contribution in [0.15, 0.2) is 0 Å². The Bertz CT molecular complexity index is 126. The summed E-state index contributed by atoms with van der Waals surface area (Å²) in [6.07, 6.45) is 0. The van der Waals surface area contributed by atoms with Crippen LogP contribution in [0, 0.1) is 0 Å². The molecule has 1 aliphatic heterocycles. The molecule has 1 rings (SSSR count). The molecule has 1 aliphatic rings. The summed E-state index contributed by atoms with van der Waals surface area (Å²) < 4.78 is 11.1. The molecule has 0 aromatic carbocycles. The number of hydrogen-bond acceptors (Lipinski definition) is 2. The van der Waals surface area contributed by atoms with Crippen LogP contribution in [-0.2, 0) is 10.8 Å². The molecule has 2 nitrogen and oxygen atoms in total. The molecule has 1 saturated heterocycles. The smallest absolute Gasteiger partial charge is 0.0470 e. The van der Waals surface area contributed by atoms with Crippen LogP contribution in [0.1, 0.15) is 13.8 Å². The van der Waals surface area contributed by atoms with Gasteiger partial charge in [0.25, 0.3) is 0 Å². The third-order valence-electron chi connectivity index (χ3n) is 1.89.